The molecular weight excluding hydrogens is 290 g/mol. The van der Waals surface area contributed by atoms with Crippen molar-refractivity contribution in [1.82, 2.24) is 5.32 Å². The minimum absolute atomic E-state index is 0.109. The number of hydrogen-bond acceptors (Lipinski definition) is 3. The summed E-state index contributed by atoms with van der Waals surface area (Å²) < 4.78 is 0. The van der Waals surface area contributed by atoms with Crippen molar-refractivity contribution >= 4 is 23.2 Å². The molecule has 2 aromatic carbocycles. The number of nitrogens with one attached hydrogen (secondary N) is 2. The molecule has 23 heavy (non-hydrogen) atoms. The van der Waals surface area contributed by atoms with Crippen molar-refractivity contribution in [1.29, 1.82) is 0 Å². The van der Waals surface area contributed by atoms with Gasteiger partial charge in [0.2, 0.25) is 5.91 Å². The van der Waals surface area contributed by atoms with Gasteiger partial charge >= 0.3 is 0 Å². The number of likely N-dealkylation sites (N-methyl/N-ethyl adjacent to an activating group) is 1. The lowest BCUT2D eigenvalue weighted by Gasteiger charge is -2.18. The highest BCUT2D eigenvalue weighted by molar-refractivity contribution is 5.96. The van der Waals surface area contributed by atoms with E-state index in [-0.39, 0.29) is 18.4 Å². The van der Waals surface area contributed by atoms with Crippen LogP contribution < -0.4 is 15.5 Å². The first-order chi connectivity index (χ1) is 11.1. The predicted octanol–water partition coefficient (Wildman–Crippen LogP) is 2.51. The van der Waals surface area contributed by atoms with Crippen molar-refractivity contribution < 1.29 is 9.59 Å². The first-order valence-corrected chi connectivity index (χ1v) is 7.54. The molecule has 0 heterocycles. The number of nitrogens with zero attached hydrogens (tertiary/aromatic N) is 1. The second kappa shape index (κ2) is 7.98. The van der Waals surface area contributed by atoms with Crippen molar-refractivity contribution in [3.05, 3.63) is 60.2 Å². The zero-order valence-corrected chi connectivity index (χ0v) is 13.4. The molecule has 0 bridgehead atoms. The van der Waals surface area contributed by atoms with E-state index < -0.39 is 0 Å². The summed E-state index contributed by atoms with van der Waals surface area (Å²) in [5, 5.41) is 5.56. The van der Waals surface area contributed by atoms with Gasteiger partial charge in [0.05, 0.1) is 6.54 Å². The van der Waals surface area contributed by atoms with Gasteiger partial charge in [-0.15, -0.1) is 0 Å². The summed E-state index contributed by atoms with van der Waals surface area (Å²) in [6.45, 7) is 2.71. The fourth-order valence-corrected chi connectivity index (χ4v) is 2.16. The van der Waals surface area contributed by atoms with Crippen LogP contribution >= 0.6 is 0 Å². The molecule has 0 fully saturated rings. The van der Waals surface area contributed by atoms with Gasteiger partial charge in [0.25, 0.3) is 5.91 Å². The van der Waals surface area contributed by atoms with E-state index in [4.69, 9.17) is 0 Å². The minimum Gasteiger partial charge on any atom is -0.365 e. The highest BCUT2D eigenvalue weighted by atomic mass is 16.2. The van der Waals surface area contributed by atoms with Gasteiger partial charge in [-0.05, 0) is 43.3 Å². The Bertz CT molecular complexity index is 654. The molecule has 0 radical (unpaired) electrons. The fraction of sp³-hybridized carbons (Fsp3) is 0.222. The van der Waals surface area contributed by atoms with Crippen LogP contribution in [-0.2, 0) is 4.79 Å². The second-order valence-corrected chi connectivity index (χ2v) is 5.18. The average Bonchev–Trinajstić information content (AvgIpc) is 2.56. The molecule has 0 aliphatic carbocycles. The zero-order chi connectivity index (χ0) is 16.7. The van der Waals surface area contributed by atoms with Crippen LogP contribution in [0, 0.1) is 0 Å². The molecule has 2 N–H and O–H groups in total. The number of anilines is 2. The molecule has 120 valence electrons. The smallest absolute Gasteiger partial charge is 0.251 e. The topological polar surface area (TPSA) is 61.4 Å². The van der Waals surface area contributed by atoms with Crippen molar-refractivity contribution in [2.45, 2.75) is 6.92 Å². The van der Waals surface area contributed by atoms with Crippen LogP contribution in [0.15, 0.2) is 54.6 Å². The molecule has 0 aromatic heterocycles. The van der Waals surface area contributed by atoms with E-state index in [0.29, 0.717) is 17.8 Å². The summed E-state index contributed by atoms with van der Waals surface area (Å²) in [5.74, 6) is -0.226. The Morgan fingerprint density at radius 3 is 2.26 bits per heavy atom. The van der Waals surface area contributed by atoms with Crippen LogP contribution in [-0.4, -0.2) is 32.0 Å². The fourth-order valence-electron chi connectivity index (χ4n) is 2.16. The van der Waals surface area contributed by atoms with E-state index in [1.165, 1.54) is 0 Å². The summed E-state index contributed by atoms with van der Waals surface area (Å²) in [6, 6.07) is 16.6. The summed E-state index contributed by atoms with van der Waals surface area (Å²) in [7, 11) is 1.87. The maximum Gasteiger partial charge on any atom is 0.251 e. The number of benzene rings is 2. The van der Waals surface area contributed by atoms with Crippen LogP contribution in [0.3, 0.4) is 0 Å². The van der Waals surface area contributed by atoms with E-state index >= 15 is 0 Å². The third-order valence-corrected chi connectivity index (χ3v) is 3.35. The average molecular weight is 311 g/mol. The predicted molar refractivity (Wildman–Crippen MR) is 92.8 cm³/mol. The molecule has 2 amide bonds. The Morgan fingerprint density at radius 1 is 1.00 bits per heavy atom. The molecule has 0 spiro atoms. The lowest BCUT2D eigenvalue weighted by Crippen LogP contribution is -2.30. The van der Waals surface area contributed by atoms with Gasteiger partial charge in [-0.3, -0.25) is 9.59 Å². The highest BCUT2D eigenvalue weighted by Gasteiger charge is 2.08. The van der Waals surface area contributed by atoms with Gasteiger partial charge in [0, 0.05) is 30.5 Å². The van der Waals surface area contributed by atoms with Crippen molar-refractivity contribution in [3.63, 3.8) is 0 Å². The third-order valence-electron chi connectivity index (χ3n) is 3.35. The normalized spacial score (nSPS) is 10.0. The van der Waals surface area contributed by atoms with E-state index in [9.17, 15) is 9.59 Å². The van der Waals surface area contributed by atoms with Crippen LogP contribution in [0.1, 0.15) is 17.3 Å². The molecular formula is C18H21N3O2. The van der Waals surface area contributed by atoms with E-state index in [1.54, 1.807) is 24.3 Å². The van der Waals surface area contributed by atoms with Gasteiger partial charge in [0.15, 0.2) is 0 Å². The lowest BCUT2D eigenvalue weighted by molar-refractivity contribution is -0.114. The molecule has 5 heteroatoms. The number of para-hydroxylation sites is 1. The monoisotopic (exact) mass is 311 g/mol. The summed E-state index contributed by atoms with van der Waals surface area (Å²) in [4.78, 5) is 25.6. The number of carbonyl (C=O) groups is 2. The Hall–Kier alpha value is -2.82. The van der Waals surface area contributed by atoms with Gasteiger partial charge < -0.3 is 15.5 Å². The molecule has 0 aliphatic heterocycles. The van der Waals surface area contributed by atoms with Crippen LogP contribution in [0.5, 0.6) is 0 Å². The number of carbonyl (C=O) groups excluding carboxylic acids is 2. The second-order valence-electron chi connectivity index (χ2n) is 5.18. The van der Waals surface area contributed by atoms with Crippen LogP contribution in [0.25, 0.3) is 0 Å². The molecule has 0 saturated heterocycles. The molecule has 5 nitrogen and oxygen atoms in total. The molecule has 0 saturated carbocycles. The van der Waals surface area contributed by atoms with Crippen molar-refractivity contribution in [2.75, 3.05) is 30.4 Å². The lowest BCUT2D eigenvalue weighted by atomic mass is 10.2. The van der Waals surface area contributed by atoms with Gasteiger partial charge in [-0.2, -0.15) is 0 Å². The molecule has 0 aliphatic rings. The SMILES string of the molecule is CCNC(=O)c1ccc(NC(=O)CN(C)c2ccccc2)cc1. The van der Waals surface area contributed by atoms with E-state index in [0.717, 1.165) is 5.69 Å². The standard InChI is InChI=1S/C18H21N3O2/c1-3-19-18(23)14-9-11-15(12-10-14)20-17(22)13-21(2)16-7-5-4-6-8-16/h4-12H,3,13H2,1-2H3,(H,19,23)(H,20,22). The Labute approximate surface area is 136 Å². The van der Waals surface area contributed by atoms with Gasteiger partial charge in [0.1, 0.15) is 0 Å². The molecule has 0 atom stereocenters. The highest BCUT2D eigenvalue weighted by Crippen LogP contribution is 2.12. The molecule has 2 aromatic rings. The van der Waals surface area contributed by atoms with Gasteiger partial charge in [-0.1, -0.05) is 18.2 Å². The molecule has 0 unspecified atom stereocenters. The zero-order valence-electron chi connectivity index (χ0n) is 13.4. The quantitative estimate of drug-likeness (QED) is 0.861. The summed E-state index contributed by atoms with van der Waals surface area (Å²) >= 11 is 0. The first-order valence-electron chi connectivity index (χ1n) is 7.54. The first kappa shape index (κ1) is 16.5. The van der Waals surface area contributed by atoms with Crippen LogP contribution in [0.2, 0.25) is 0 Å². The summed E-state index contributed by atoms with van der Waals surface area (Å²) in [6.07, 6.45) is 0. The molecule has 2 rings (SSSR count). The van der Waals surface area contributed by atoms with E-state index in [1.807, 2.05) is 49.2 Å². The third kappa shape index (κ3) is 4.85. The Morgan fingerprint density at radius 2 is 1.65 bits per heavy atom. The number of rotatable bonds is 6. The van der Waals surface area contributed by atoms with Gasteiger partial charge in [-0.25, -0.2) is 0 Å². The number of hydrogen-bond donors (Lipinski definition) is 2. The summed E-state index contributed by atoms with van der Waals surface area (Å²) in [5.41, 5.74) is 2.23. The van der Waals surface area contributed by atoms with Crippen LogP contribution in [0.4, 0.5) is 11.4 Å². The Balaban J connectivity index is 1.91. The number of amides is 2. The Kier molecular flexibility index (Phi) is 5.74. The largest absolute Gasteiger partial charge is 0.365 e. The minimum atomic E-state index is -0.116. The van der Waals surface area contributed by atoms with Crippen molar-refractivity contribution in [2.24, 2.45) is 0 Å². The van der Waals surface area contributed by atoms with E-state index in [2.05, 4.69) is 10.6 Å². The maximum absolute atomic E-state index is 12.1. The maximum atomic E-state index is 12.1. The van der Waals surface area contributed by atoms with Crippen molar-refractivity contribution in [3.8, 4) is 0 Å².